The maximum atomic E-state index is 10.4. The summed E-state index contributed by atoms with van der Waals surface area (Å²) in [4.78, 5) is 3.75. The normalized spacial score (nSPS) is 13.0. The molecule has 0 fully saturated rings. The molecule has 0 aliphatic carbocycles. The molecule has 1 heterocycles. The van der Waals surface area contributed by atoms with E-state index < -0.39 is 11.3 Å². The van der Waals surface area contributed by atoms with Crippen molar-refractivity contribution < 1.29 is 8.76 Å². The topological polar surface area (TPSA) is 84.4 Å². The summed E-state index contributed by atoms with van der Waals surface area (Å²) in [6, 6.07) is 0. The number of aromatic nitrogens is 2. The lowest BCUT2D eigenvalue weighted by atomic mass is 10.8. The van der Waals surface area contributed by atoms with Gasteiger partial charge < -0.3 is 4.57 Å². The van der Waals surface area contributed by atoms with Gasteiger partial charge in [-0.15, -0.1) is 0 Å². The molecule has 7 heteroatoms. The van der Waals surface area contributed by atoms with Crippen LogP contribution in [0.2, 0.25) is 0 Å². The van der Waals surface area contributed by atoms with Gasteiger partial charge in [-0.05, 0) is 0 Å². The van der Waals surface area contributed by atoms with E-state index in [-0.39, 0.29) is 5.82 Å². The number of imidazole rings is 1. The van der Waals surface area contributed by atoms with Gasteiger partial charge in [0.1, 0.15) is 0 Å². The zero-order valence-corrected chi connectivity index (χ0v) is 6.65. The van der Waals surface area contributed by atoms with Gasteiger partial charge in [0.15, 0.2) is 5.82 Å². The van der Waals surface area contributed by atoms with E-state index in [1.54, 1.807) is 11.6 Å². The molecule has 62 valence electrons. The summed E-state index contributed by atoms with van der Waals surface area (Å²) in [6.45, 7) is 0. The lowest BCUT2D eigenvalue weighted by Gasteiger charge is -2.07. The average molecular weight is 176 g/mol. The fourth-order valence-electron chi connectivity index (χ4n) is 0.593. The van der Waals surface area contributed by atoms with Crippen molar-refractivity contribution in [2.45, 2.75) is 0 Å². The molecular weight excluding hydrogens is 168 g/mol. The molecule has 0 aromatic carbocycles. The Morgan fingerprint density at radius 1 is 1.91 bits per heavy atom. The fourth-order valence-corrected chi connectivity index (χ4v) is 0.847. The van der Waals surface area contributed by atoms with Gasteiger partial charge in [0.05, 0.1) is 6.33 Å². The van der Waals surface area contributed by atoms with E-state index in [1.807, 2.05) is 0 Å². The summed E-state index contributed by atoms with van der Waals surface area (Å²) in [5, 5.41) is 0. The van der Waals surface area contributed by atoms with E-state index in [4.69, 9.17) is 10.4 Å². The van der Waals surface area contributed by atoms with Crippen LogP contribution >= 0.6 is 0 Å². The zero-order chi connectivity index (χ0) is 8.43. The SMILES string of the molecule is Cn1cnc(N(N)S(=O)O)c1. The molecule has 3 N–H and O–H groups in total. The maximum Gasteiger partial charge on any atom is 0.278 e. The van der Waals surface area contributed by atoms with E-state index in [0.29, 0.717) is 4.41 Å². The van der Waals surface area contributed by atoms with Crippen LogP contribution in [0.1, 0.15) is 0 Å². The predicted octanol–water partition coefficient (Wildman–Crippen LogP) is -0.763. The van der Waals surface area contributed by atoms with Crippen LogP contribution in [0.4, 0.5) is 5.82 Å². The number of nitrogens with zero attached hydrogens (tertiary/aromatic N) is 3. The summed E-state index contributed by atoms with van der Waals surface area (Å²) < 4.78 is 21.2. The quantitative estimate of drug-likeness (QED) is 0.352. The first kappa shape index (κ1) is 8.18. The van der Waals surface area contributed by atoms with Gasteiger partial charge in [-0.2, -0.15) is 4.41 Å². The van der Waals surface area contributed by atoms with Crippen molar-refractivity contribution in [2.75, 3.05) is 4.41 Å². The van der Waals surface area contributed by atoms with Crippen LogP contribution in [-0.4, -0.2) is 18.3 Å². The number of hydrogen-bond acceptors (Lipinski definition) is 3. The molecule has 0 bridgehead atoms. The summed E-state index contributed by atoms with van der Waals surface area (Å²) >= 11 is -2.21. The number of hydrazine groups is 1. The number of aryl methyl sites for hydroxylation is 1. The molecule has 1 atom stereocenters. The van der Waals surface area contributed by atoms with Gasteiger partial charge in [-0.25, -0.2) is 15.0 Å². The van der Waals surface area contributed by atoms with Crippen molar-refractivity contribution in [3.05, 3.63) is 12.5 Å². The fraction of sp³-hybridized carbons (Fsp3) is 0.250. The van der Waals surface area contributed by atoms with Crippen molar-refractivity contribution in [2.24, 2.45) is 12.9 Å². The molecule has 1 aromatic heterocycles. The molecule has 1 aromatic rings. The predicted molar refractivity (Wildman–Crippen MR) is 40.6 cm³/mol. The third kappa shape index (κ3) is 1.76. The van der Waals surface area contributed by atoms with Crippen molar-refractivity contribution in [3.8, 4) is 0 Å². The van der Waals surface area contributed by atoms with Crippen molar-refractivity contribution in [1.29, 1.82) is 0 Å². The monoisotopic (exact) mass is 176 g/mol. The Kier molecular flexibility index (Phi) is 2.22. The van der Waals surface area contributed by atoms with Gasteiger partial charge in [0.25, 0.3) is 11.3 Å². The third-order valence-corrected chi connectivity index (χ3v) is 1.61. The number of anilines is 1. The second-order valence-corrected chi connectivity index (χ2v) is 2.81. The van der Waals surface area contributed by atoms with Crippen LogP contribution in [0.3, 0.4) is 0 Å². The Balaban J connectivity index is 2.84. The Hall–Kier alpha value is -0.920. The molecular formula is C4H8N4O2S. The molecule has 11 heavy (non-hydrogen) atoms. The minimum Gasteiger partial charge on any atom is -0.338 e. The Bertz CT molecular complexity index is 273. The minimum absolute atomic E-state index is 0.258. The van der Waals surface area contributed by atoms with Gasteiger partial charge in [-0.3, -0.25) is 4.55 Å². The summed E-state index contributed by atoms with van der Waals surface area (Å²) in [7, 11) is 1.74. The summed E-state index contributed by atoms with van der Waals surface area (Å²) in [6.07, 6.45) is 3.02. The summed E-state index contributed by atoms with van der Waals surface area (Å²) in [5.41, 5.74) is 0. The molecule has 6 nitrogen and oxygen atoms in total. The molecule has 0 aliphatic rings. The molecule has 1 rings (SSSR count). The molecule has 0 radical (unpaired) electrons. The number of nitrogens with two attached hydrogens (primary N) is 1. The molecule has 0 spiro atoms. The highest BCUT2D eigenvalue weighted by atomic mass is 32.2. The zero-order valence-electron chi connectivity index (χ0n) is 5.84. The summed E-state index contributed by atoms with van der Waals surface area (Å²) in [5.74, 6) is 5.42. The van der Waals surface area contributed by atoms with Crippen LogP contribution in [-0.2, 0) is 18.3 Å². The van der Waals surface area contributed by atoms with Crippen LogP contribution in [0, 0.1) is 0 Å². The third-order valence-electron chi connectivity index (χ3n) is 1.09. The lowest BCUT2D eigenvalue weighted by Crippen LogP contribution is -2.32. The van der Waals surface area contributed by atoms with Crippen LogP contribution in [0.5, 0.6) is 0 Å². The largest absolute Gasteiger partial charge is 0.338 e. The molecule has 0 saturated heterocycles. The second-order valence-electron chi connectivity index (χ2n) is 1.95. The van der Waals surface area contributed by atoms with Crippen molar-refractivity contribution >= 4 is 17.1 Å². The highest BCUT2D eigenvalue weighted by molar-refractivity contribution is 7.80. The molecule has 0 saturated carbocycles. The first-order chi connectivity index (χ1) is 5.11. The van der Waals surface area contributed by atoms with Crippen molar-refractivity contribution in [1.82, 2.24) is 9.55 Å². The van der Waals surface area contributed by atoms with Crippen LogP contribution in [0.15, 0.2) is 12.5 Å². The highest BCUT2D eigenvalue weighted by Crippen LogP contribution is 2.05. The van der Waals surface area contributed by atoms with E-state index in [9.17, 15) is 4.21 Å². The van der Waals surface area contributed by atoms with E-state index >= 15 is 0 Å². The smallest absolute Gasteiger partial charge is 0.278 e. The van der Waals surface area contributed by atoms with Crippen molar-refractivity contribution in [3.63, 3.8) is 0 Å². The molecule has 0 aliphatic heterocycles. The van der Waals surface area contributed by atoms with E-state index in [2.05, 4.69) is 4.98 Å². The standard InChI is InChI=1S/C4H8N4O2S/c1-7-2-4(6-3-7)8(5)11(9)10/h2-3H,5H2,1H3,(H,9,10). The van der Waals surface area contributed by atoms with Gasteiger partial charge in [-0.1, -0.05) is 0 Å². The van der Waals surface area contributed by atoms with E-state index in [1.165, 1.54) is 12.5 Å². The van der Waals surface area contributed by atoms with Gasteiger partial charge in [0.2, 0.25) is 0 Å². The highest BCUT2D eigenvalue weighted by Gasteiger charge is 2.08. The number of hydrogen-bond donors (Lipinski definition) is 2. The maximum absolute atomic E-state index is 10.4. The first-order valence-corrected chi connectivity index (χ1v) is 3.81. The van der Waals surface area contributed by atoms with Crippen LogP contribution < -0.4 is 10.3 Å². The second kappa shape index (κ2) is 2.99. The molecule has 1 unspecified atom stereocenters. The minimum atomic E-state index is -2.21. The first-order valence-electron chi connectivity index (χ1n) is 2.75. The number of rotatable bonds is 2. The average Bonchev–Trinajstić information content (AvgIpc) is 2.34. The van der Waals surface area contributed by atoms with E-state index in [0.717, 1.165) is 0 Å². The Morgan fingerprint density at radius 3 is 2.91 bits per heavy atom. The lowest BCUT2D eigenvalue weighted by molar-refractivity contribution is 0.559. The molecule has 0 amide bonds. The van der Waals surface area contributed by atoms with Gasteiger partial charge in [0, 0.05) is 13.2 Å². The van der Waals surface area contributed by atoms with Crippen LogP contribution in [0.25, 0.3) is 0 Å². The van der Waals surface area contributed by atoms with Gasteiger partial charge >= 0.3 is 0 Å². The Labute approximate surface area is 66.0 Å². The Morgan fingerprint density at radius 2 is 2.55 bits per heavy atom.